The second-order valence-corrected chi connectivity index (χ2v) is 5.43. The van der Waals surface area contributed by atoms with Crippen LogP contribution in [0.3, 0.4) is 0 Å². The van der Waals surface area contributed by atoms with Gasteiger partial charge >= 0.3 is 0 Å². The number of hydrogen-bond acceptors (Lipinski definition) is 4. The summed E-state index contributed by atoms with van der Waals surface area (Å²) in [4.78, 5) is 16.4. The summed E-state index contributed by atoms with van der Waals surface area (Å²) in [7, 11) is 0. The number of benzene rings is 1. The zero-order chi connectivity index (χ0) is 15.9. The minimum Gasteiger partial charge on any atom is -0.446 e. The molecular formula is C17H23N3O2. The van der Waals surface area contributed by atoms with Crippen LogP contribution in [0.4, 0.5) is 0 Å². The minimum atomic E-state index is -0.256. The third-order valence-corrected chi connectivity index (χ3v) is 3.59. The molecule has 22 heavy (non-hydrogen) atoms. The van der Waals surface area contributed by atoms with Gasteiger partial charge < -0.3 is 15.5 Å². The maximum atomic E-state index is 12.2. The molecule has 0 aliphatic rings. The van der Waals surface area contributed by atoms with Gasteiger partial charge in [-0.2, -0.15) is 0 Å². The maximum absolute atomic E-state index is 12.2. The summed E-state index contributed by atoms with van der Waals surface area (Å²) in [6.45, 7) is 4.04. The van der Waals surface area contributed by atoms with E-state index >= 15 is 0 Å². The van der Waals surface area contributed by atoms with Crippen LogP contribution in [0.25, 0.3) is 0 Å². The lowest BCUT2D eigenvalue weighted by Gasteiger charge is -2.12. The average Bonchev–Trinajstić information content (AvgIpc) is 3.03. The molecule has 0 saturated carbocycles. The number of aromatic nitrogens is 1. The normalized spacial score (nSPS) is 13.6. The van der Waals surface area contributed by atoms with Gasteiger partial charge in [0.15, 0.2) is 5.69 Å². The van der Waals surface area contributed by atoms with E-state index in [1.807, 2.05) is 37.3 Å². The number of oxazole rings is 1. The van der Waals surface area contributed by atoms with Gasteiger partial charge in [-0.25, -0.2) is 4.98 Å². The van der Waals surface area contributed by atoms with Crippen LogP contribution in [0.1, 0.15) is 67.1 Å². The molecule has 0 fully saturated rings. The number of unbranched alkanes of at least 4 members (excludes halogenated alkanes) is 1. The average molecular weight is 301 g/mol. The number of amides is 1. The van der Waals surface area contributed by atoms with Crippen LogP contribution in [-0.4, -0.2) is 10.9 Å². The van der Waals surface area contributed by atoms with Crippen LogP contribution in [0, 0.1) is 0 Å². The quantitative estimate of drug-likeness (QED) is 0.821. The summed E-state index contributed by atoms with van der Waals surface area (Å²) in [5.41, 5.74) is 7.31. The fourth-order valence-corrected chi connectivity index (χ4v) is 2.21. The largest absolute Gasteiger partial charge is 0.446 e. The van der Waals surface area contributed by atoms with E-state index in [4.69, 9.17) is 10.2 Å². The molecule has 3 N–H and O–H groups in total. The van der Waals surface area contributed by atoms with Crippen LogP contribution in [0.5, 0.6) is 0 Å². The van der Waals surface area contributed by atoms with E-state index in [-0.39, 0.29) is 23.7 Å². The Morgan fingerprint density at radius 1 is 1.36 bits per heavy atom. The second kappa shape index (κ2) is 7.75. The summed E-state index contributed by atoms with van der Waals surface area (Å²) < 4.78 is 5.33. The Labute approximate surface area is 130 Å². The Balaban J connectivity index is 1.97. The van der Waals surface area contributed by atoms with Gasteiger partial charge in [0.25, 0.3) is 5.91 Å². The van der Waals surface area contributed by atoms with Crippen LogP contribution < -0.4 is 11.1 Å². The summed E-state index contributed by atoms with van der Waals surface area (Å²) in [6.07, 6.45) is 4.25. The molecule has 2 atom stereocenters. The molecule has 0 saturated heterocycles. The lowest BCUT2D eigenvalue weighted by molar-refractivity contribution is 0.0935. The van der Waals surface area contributed by atoms with Crippen molar-refractivity contribution >= 4 is 5.91 Å². The van der Waals surface area contributed by atoms with Crippen molar-refractivity contribution in [3.05, 3.63) is 53.7 Å². The molecule has 1 amide bonds. The van der Waals surface area contributed by atoms with Crippen LogP contribution in [-0.2, 0) is 0 Å². The molecule has 1 aromatic carbocycles. The van der Waals surface area contributed by atoms with Crippen molar-refractivity contribution in [3.63, 3.8) is 0 Å². The van der Waals surface area contributed by atoms with Crippen molar-refractivity contribution in [1.82, 2.24) is 10.3 Å². The zero-order valence-corrected chi connectivity index (χ0v) is 13.1. The van der Waals surface area contributed by atoms with E-state index < -0.39 is 0 Å². The highest BCUT2D eigenvalue weighted by atomic mass is 16.3. The standard InChI is InChI=1S/C17H23N3O2/c1-3-4-10-14(18)17-20-15(11-22-17)16(21)19-12(2)13-8-6-5-7-9-13/h5-9,11-12,14H,3-4,10,18H2,1-2H3,(H,19,21). The number of nitrogens with zero attached hydrogens (tertiary/aromatic N) is 1. The molecule has 0 aliphatic carbocycles. The topological polar surface area (TPSA) is 81.1 Å². The first kappa shape index (κ1) is 16.2. The molecule has 0 bridgehead atoms. The summed E-state index contributed by atoms with van der Waals surface area (Å²) in [5.74, 6) is 0.167. The number of rotatable bonds is 7. The van der Waals surface area contributed by atoms with Crippen molar-refractivity contribution in [2.75, 3.05) is 0 Å². The molecule has 0 spiro atoms. The Kier molecular flexibility index (Phi) is 5.72. The van der Waals surface area contributed by atoms with E-state index in [9.17, 15) is 4.79 Å². The lowest BCUT2D eigenvalue weighted by atomic mass is 10.1. The van der Waals surface area contributed by atoms with Gasteiger partial charge in [-0.1, -0.05) is 50.1 Å². The zero-order valence-electron chi connectivity index (χ0n) is 13.1. The molecule has 5 nitrogen and oxygen atoms in total. The first-order chi connectivity index (χ1) is 10.6. The van der Waals surface area contributed by atoms with Gasteiger partial charge in [0.05, 0.1) is 12.1 Å². The molecule has 2 unspecified atom stereocenters. The molecular weight excluding hydrogens is 278 g/mol. The van der Waals surface area contributed by atoms with E-state index in [1.54, 1.807) is 0 Å². The summed E-state index contributed by atoms with van der Waals surface area (Å²) in [5, 5.41) is 2.91. The van der Waals surface area contributed by atoms with Crippen LogP contribution >= 0.6 is 0 Å². The fraction of sp³-hybridized carbons (Fsp3) is 0.412. The Morgan fingerprint density at radius 2 is 2.09 bits per heavy atom. The number of nitrogens with two attached hydrogens (primary N) is 1. The molecule has 0 radical (unpaired) electrons. The highest BCUT2D eigenvalue weighted by Crippen LogP contribution is 2.17. The number of hydrogen-bond donors (Lipinski definition) is 2. The van der Waals surface area contributed by atoms with E-state index in [0.29, 0.717) is 5.89 Å². The first-order valence-corrected chi connectivity index (χ1v) is 7.68. The maximum Gasteiger partial charge on any atom is 0.273 e. The highest BCUT2D eigenvalue weighted by Gasteiger charge is 2.18. The van der Waals surface area contributed by atoms with Gasteiger partial charge in [-0.05, 0) is 18.9 Å². The Hall–Kier alpha value is -2.14. The number of nitrogens with one attached hydrogen (secondary N) is 1. The smallest absolute Gasteiger partial charge is 0.273 e. The summed E-state index contributed by atoms with van der Waals surface area (Å²) in [6, 6.07) is 9.42. The van der Waals surface area contributed by atoms with Crippen molar-refractivity contribution < 1.29 is 9.21 Å². The van der Waals surface area contributed by atoms with Gasteiger partial charge in [0, 0.05) is 0 Å². The minimum absolute atomic E-state index is 0.0948. The Morgan fingerprint density at radius 3 is 2.77 bits per heavy atom. The van der Waals surface area contributed by atoms with Crippen molar-refractivity contribution in [2.24, 2.45) is 5.73 Å². The third kappa shape index (κ3) is 4.18. The molecule has 0 aliphatic heterocycles. The van der Waals surface area contributed by atoms with Gasteiger partial charge in [0.1, 0.15) is 6.26 Å². The number of carbonyl (C=O) groups excluding carboxylic acids is 1. The predicted molar refractivity (Wildman–Crippen MR) is 85.3 cm³/mol. The molecule has 2 rings (SSSR count). The first-order valence-electron chi connectivity index (χ1n) is 7.68. The second-order valence-electron chi connectivity index (χ2n) is 5.43. The molecule has 1 aromatic heterocycles. The van der Waals surface area contributed by atoms with Gasteiger partial charge in [0.2, 0.25) is 5.89 Å². The van der Waals surface area contributed by atoms with E-state index in [1.165, 1.54) is 6.26 Å². The van der Waals surface area contributed by atoms with Crippen molar-refractivity contribution in [3.8, 4) is 0 Å². The fourth-order valence-electron chi connectivity index (χ4n) is 2.21. The Bertz CT molecular complexity index is 595. The predicted octanol–water partition coefficient (Wildman–Crippen LogP) is 3.36. The molecule has 1 heterocycles. The van der Waals surface area contributed by atoms with Crippen LogP contribution in [0.2, 0.25) is 0 Å². The SMILES string of the molecule is CCCCC(N)c1nc(C(=O)NC(C)c2ccccc2)co1. The van der Waals surface area contributed by atoms with E-state index in [2.05, 4.69) is 17.2 Å². The monoisotopic (exact) mass is 301 g/mol. The molecule has 118 valence electrons. The van der Waals surface area contributed by atoms with Crippen molar-refractivity contribution in [2.45, 2.75) is 45.2 Å². The third-order valence-electron chi connectivity index (χ3n) is 3.59. The molecule has 5 heteroatoms. The molecule has 2 aromatic rings. The lowest BCUT2D eigenvalue weighted by Crippen LogP contribution is -2.27. The number of carbonyl (C=O) groups is 1. The summed E-state index contributed by atoms with van der Waals surface area (Å²) >= 11 is 0. The van der Waals surface area contributed by atoms with Crippen molar-refractivity contribution in [1.29, 1.82) is 0 Å². The highest BCUT2D eigenvalue weighted by molar-refractivity contribution is 5.92. The van der Waals surface area contributed by atoms with E-state index in [0.717, 1.165) is 24.8 Å². The van der Waals surface area contributed by atoms with Gasteiger partial charge in [-0.15, -0.1) is 0 Å². The van der Waals surface area contributed by atoms with Gasteiger partial charge in [-0.3, -0.25) is 4.79 Å². The van der Waals surface area contributed by atoms with Crippen LogP contribution in [0.15, 0.2) is 41.0 Å².